The van der Waals surface area contributed by atoms with Crippen molar-refractivity contribution in [2.75, 3.05) is 0 Å². The number of carbonyl (C=O) groups is 2. The fraction of sp³-hybridized carbons (Fsp3) is 0.571. The van der Waals surface area contributed by atoms with E-state index >= 15 is 0 Å². The van der Waals surface area contributed by atoms with E-state index in [0.717, 1.165) is 0 Å². The molecule has 6 atom stereocenters. The summed E-state index contributed by atoms with van der Waals surface area (Å²) in [4.78, 5) is 34.0. The molecular formula is C28H38N2O6. The Balaban J connectivity index is 1.87. The highest BCUT2D eigenvalue weighted by molar-refractivity contribution is 5.88. The Morgan fingerprint density at radius 2 is 1.11 bits per heavy atom. The molecule has 0 aliphatic carbocycles. The molecule has 0 radical (unpaired) electrons. The van der Waals surface area contributed by atoms with Gasteiger partial charge >= 0.3 is 11.9 Å². The van der Waals surface area contributed by atoms with Crippen molar-refractivity contribution in [3.05, 3.63) is 60.0 Å². The van der Waals surface area contributed by atoms with E-state index in [4.69, 9.17) is 18.3 Å². The van der Waals surface area contributed by atoms with Gasteiger partial charge in [0.1, 0.15) is 23.7 Å². The Morgan fingerprint density at radius 1 is 0.722 bits per heavy atom. The summed E-state index contributed by atoms with van der Waals surface area (Å²) in [7, 11) is 0. The third-order valence-corrected chi connectivity index (χ3v) is 6.76. The van der Waals surface area contributed by atoms with E-state index in [1.54, 1.807) is 26.2 Å². The van der Waals surface area contributed by atoms with Gasteiger partial charge in [0.25, 0.3) is 0 Å². The summed E-state index contributed by atoms with van der Waals surface area (Å²) in [6, 6.07) is 0. The number of hydrogen-bond donors (Lipinski definition) is 0. The molecule has 0 spiro atoms. The van der Waals surface area contributed by atoms with Crippen LogP contribution in [0.2, 0.25) is 0 Å². The average molecular weight is 499 g/mol. The zero-order chi connectivity index (χ0) is 26.2. The maximum absolute atomic E-state index is 13.0. The summed E-state index contributed by atoms with van der Waals surface area (Å²) < 4.78 is 22.8. The monoisotopic (exact) mass is 498 g/mol. The van der Waals surface area contributed by atoms with Gasteiger partial charge in [0.2, 0.25) is 0 Å². The van der Waals surface area contributed by atoms with Crippen molar-refractivity contribution in [2.45, 2.75) is 79.4 Å². The topological polar surface area (TPSA) is 105 Å². The van der Waals surface area contributed by atoms with Crippen LogP contribution in [-0.2, 0) is 31.9 Å². The van der Waals surface area contributed by atoms with Gasteiger partial charge in [-0.25, -0.2) is 19.6 Å². The van der Waals surface area contributed by atoms with Gasteiger partial charge in [0.15, 0.2) is 12.8 Å². The first kappa shape index (κ1) is 27.4. The molecule has 0 fully saturated rings. The molecule has 3 rings (SSSR count). The molecule has 0 amide bonds. The second kappa shape index (κ2) is 12.7. The minimum Gasteiger partial charge on any atom is -0.458 e. The van der Waals surface area contributed by atoms with Crippen molar-refractivity contribution in [2.24, 2.45) is 23.7 Å². The number of aromatic nitrogens is 2. The Bertz CT molecular complexity index is 956. The highest BCUT2D eigenvalue weighted by Crippen LogP contribution is 2.27. The summed E-state index contributed by atoms with van der Waals surface area (Å²) in [5.74, 6) is 0.843. The van der Waals surface area contributed by atoms with Gasteiger partial charge in [-0.15, -0.1) is 0 Å². The predicted octanol–water partition coefficient (Wildman–Crippen LogP) is 5.50. The molecule has 0 saturated carbocycles. The molecule has 36 heavy (non-hydrogen) atoms. The molecular weight excluding hydrogens is 460 g/mol. The summed E-state index contributed by atoms with van der Waals surface area (Å²) >= 11 is 0. The van der Waals surface area contributed by atoms with Gasteiger partial charge in [-0.1, -0.05) is 39.8 Å². The Labute approximate surface area is 213 Å². The van der Waals surface area contributed by atoms with E-state index in [9.17, 15) is 9.59 Å². The number of oxazole rings is 2. The number of ether oxygens (including phenoxy) is 2. The molecule has 196 valence electrons. The van der Waals surface area contributed by atoms with Crippen LogP contribution < -0.4 is 0 Å². The van der Waals surface area contributed by atoms with Crippen LogP contribution in [0.25, 0.3) is 0 Å². The minimum absolute atomic E-state index is 0.0199. The van der Waals surface area contributed by atoms with Crippen molar-refractivity contribution in [3.63, 3.8) is 0 Å². The highest BCUT2D eigenvalue weighted by atomic mass is 16.5. The first-order valence-electron chi connectivity index (χ1n) is 12.7. The van der Waals surface area contributed by atoms with E-state index < -0.39 is 0 Å². The van der Waals surface area contributed by atoms with Crippen LogP contribution in [0, 0.1) is 23.7 Å². The van der Waals surface area contributed by atoms with Crippen LogP contribution in [0.3, 0.4) is 0 Å². The third kappa shape index (κ3) is 7.93. The first-order valence-corrected chi connectivity index (χ1v) is 12.7. The molecule has 0 bridgehead atoms. The van der Waals surface area contributed by atoms with Crippen molar-refractivity contribution >= 4 is 11.9 Å². The lowest BCUT2D eigenvalue weighted by Gasteiger charge is -2.27. The van der Waals surface area contributed by atoms with E-state index in [2.05, 4.69) is 9.97 Å². The number of carbonyl (C=O) groups excluding carboxylic acids is 2. The number of esters is 2. The molecule has 1 aliphatic heterocycles. The van der Waals surface area contributed by atoms with E-state index in [1.807, 2.05) is 39.8 Å². The summed E-state index contributed by atoms with van der Waals surface area (Å²) in [5.41, 5.74) is 1.12. The quantitative estimate of drug-likeness (QED) is 0.509. The SMILES string of the molecule is C/C1=C/[C@H](C)C[C@H](C)[C@H](Cc2cnco2)OC(=O)/C(C)=C\[C@H](C)C[C@H](C)[C@H](Cc2cnco2)OC1=O. The fourth-order valence-electron chi connectivity index (χ4n) is 4.86. The van der Waals surface area contributed by atoms with Crippen LogP contribution in [-0.4, -0.2) is 34.1 Å². The third-order valence-electron chi connectivity index (χ3n) is 6.76. The fourth-order valence-corrected chi connectivity index (χ4v) is 4.86. The van der Waals surface area contributed by atoms with Gasteiger partial charge in [0.05, 0.1) is 12.4 Å². The Kier molecular flexibility index (Phi) is 9.67. The Morgan fingerprint density at radius 3 is 1.44 bits per heavy atom. The number of cyclic esters (lactones) is 2. The van der Waals surface area contributed by atoms with E-state index in [1.165, 1.54) is 12.8 Å². The number of hydrogen-bond acceptors (Lipinski definition) is 8. The zero-order valence-corrected chi connectivity index (χ0v) is 22.1. The lowest BCUT2D eigenvalue weighted by atomic mass is 9.88. The molecule has 8 heteroatoms. The second-order valence-corrected chi connectivity index (χ2v) is 10.3. The molecule has 0 aromatic carbocycles. The molecule has 2 aromatic heterocycles. The normalized spacial score (nSPS) is 32.1. The molecule has 2 aromatic rings. The maximum Gasteiger partial charge on any atom is 0.333 e. The van der Waals surface area contributed by atoms with Crippen molar-refractivity contribution in [3.8, 4) is 0 Å². The van der Waals surface area contributed by atoms with Crippen molar-refractivity contribution < 1.29 is 27.9 Å². The molecule has 3 heterocycles. The maximum atomic E-state index is 13.0. The predicted molar refractivity (Wildman–Crippen MR) is 134 cm³/mol. The van der Waals surface area contributed by atoms with Gasteiger partial charge in [0, 0.05) is 24.0 Å². The smallest absolute Gasteiger partial charge is 0.333 e. The molecule has 0 unspecified atom stereocenters. The summed E-state index contributed by atoms with van der Waals surface area (Å²) in [5, 5.41) is 0. The highest BCUT2D eigenvalue weighted by Gasteiger charge is 2.28. The lowest BCUT2D eigenvalue weighted by Crippen LogP contribution is -2.30. The first-order chi connectivity index (χ1) is 17.1. The van der Waals surface area contributed by atoms with Gasteiger partial charge in [-0.2, -0.15) is 0 Å². The summed E-state index contributed by atoms with van der Waals surface area (Å²) in [6.45, 7) is 11.8. The minimum atomic E-state index is -0.384. The average Bonchev–Trinajstić information content (AvgIpc) is 3.51. The van der Waals surface area contributed by atoms with Gasteiger partial charge < -0.3 is 18.3 Å². The summed E-state index contributed by atoms with van der Waals surface area (Å²) in [6.07, 6.45) is 11.4. The lowest BCUT2D eigenvalue weighted by molar-refractivity contribution is -0.147. The van der Waals surface area contributed by atoms with Gasteiger partial charge in [-0.05, 0) is 50.4 Å². The van der Waals surface area contributed by atoms with Crippen molar-refractivity contribution in [1.29, 1.82) is 0 Å². The van der Waals surface area contributed by atoms with Crippen LogP contribution in [0.15, 0.2) is 57.3 Å². The van der Waals surface area contributed by atoms with Gasteiger partial charge in [-0.3, -0.25) is 0 Å². The zero-order valence-electron chi connectivity index (χ0n) is 22.1. The standard InChI is InChI=1S/C28H38N2O6/c1-17-7-19(3)25(11-23-13-29-15-33-23)35-28(32)22(6)10-18(2)8-20(4)26(12-24-14-30-16-34-24)36-27(31)21(5)9-17/h9-10,13-20,25-26H,7-8,11-12H2,1-6H3/b21-9-,22-10-/t17-,18-,19+,20+,25+,26+/m1/s1. The molecule has 1 aliphatic rings. The number of nitrogens with zero attached hydrogens (tertiary/aromatic N) is 2. The van der Waals surface area contributed by atoms with E-state index in [-0.39, 0.29) is 47.8 Å². The largest absolute Gasteiger partial charge is 0.458 e. The number of allylic oxidation sites excluding steroid dienone is 2. The molecule has 8 nitrogen and oxygen atoms in total. The molecule has 0 N–H and O–H groups in total. The number of rotatable bonds is 4. The molecule has 0 saturated heterocycles. The van der Waals surface area contributed by atoms with Crippen molar-refractivity contribution in [1.82, 2.24) is 9.97 Å². The van der Waals surface area contributed by atoms with Crippen LogP contribution in [0.4, 0.5) is 0 Å². The van der Waals surface area contributed by atoms with E-state index in [0.29, 0.717) is 48.3 Å². The van der Waals surface area contributed by atoms with Crippen LogP contribution in [0.5, 0.6) is 0 Å². The van der Waals surface area contributed by atoms with Crippen LogP contribution >= 0.6 is 0 Å². The van der Waals surface area contributed by atoms with Crippen LogP contribution in [0.1, 0.15) is 65.9 Å². The Hall–Kier alpha value is -3.16. The second-order valence-electron chi connectivity index (χ2n) is 10.3.